The molecule has 0 spiro atoms. The van der Waals surface area contributed by atoms with Crippen molar-refractivity contribution >= 4 is 11.6 Å². The third kappa shape index (κ3) is 3.79. The predicted octanol–water partition coefficient (Wildman–Crippen LogP) is 0.145. The zero-order valence-corrected chi connectivity index (χ0v) is 9.98. The van der Waals surface area contributed by atoms with Crippen LogP contribution in [0, 0.1) is 10.4 Å². The first-order valence-electron chi connectivity index (χ1n) is 5.11. The minimum absolute atomic E-state index is 0.0278. The summed E-state index contributed by atoms with van der Waals surface area (Å²) >= 11 is 5.60. The number of H-pyrrole nitrogens is 1. The Bertz CT molecular complexity index is 370. The minimum Gasteiger partial charge on any atom is -0.744 e. The van der Waals surface area contributed by atoms with Gasteiger partial charge in [-0.25, -0.2) is 9.55 Å². The summed E-state index contributed by atoms with van der Waals surface area (Å²) < 4.78 is 1.61. The SMILES string of the molecule is CN(CCCl)CCCn1cc[nH]c1=[N+]([O-])[O-]. The molecule has 6 nitrogen and oxygen atoms in total. The maximum Gasteiger partial charge on any atom is 0.358 e. The molecule has 7 heteroatoms. The first-order chi connectivity index (χ1) is 7.65. The Hall–Kier alpha value is -1.14. The molecular formula is C9H16ClN4O2-. The van der Waals surface area contributed by atoms with Crippen LogP contribution in [-0.4, -0.2) is 40.5 Å². The Morgan fingerprint density at radius 2 is 2.25 bits per heavy atom. The van der Waals surface area contributed by atoms with Crippen LogP contribution in [0.3, 0.4) is 0 Å². The van der Waals surface area contributed by atoms with E-state index >= 15 is 0 Å². The van der Waals surface area contributed by atoms with Crippen LogP contribution in [-0.2, 0) is 6.54 Å². The van der Waals surface area contributed by atoms with Gasteiger partial charge in [-0.3, -0.25) is 4.90 Å². The average molecular weight is 248 g/mol. The van der Waals surface area contributed by atoms with E-state index in [2.05, 4.69) is 9.88 Å². The predicted molar refractivity (Wildman–Crippen MR) is 63.6 cm³/mol. The van der Waals surface area contributed by atoms with E-state index in [4.69, 9.17) is 11.6 Å². The second kappa shape index (κ2) is 6.44. The van der Waals surface area contributed by atoms with Crippen LogP contribution in [0.15, 0.2) is 12.4 Å². The summed E-state index contributed by atoms with van der Waals surface area (Å²) in [5.74, 6) is 0.605. The zero-order chi connectivity index (χ0) is 12.0. The van der Waals surface area contributed by atoms with Crippen molar-refractivity contribution in [3.63, 3.8) is 0 Å². The molecule has 0 saturated heterocycles. The molecule has 0 amide bonds. The monoisotopic (exact) mass is 247 g/mol. The molecule has 0 fully saturated rings. The van der Waals surface area contributed by atoms with Gasteiger partial charge in [0.2, 0.25) is 0 Å². The first-order valence-corrected chi connectivity index (χ1v) is 5.64. The molecule has 1 aromatic heterocycles. The van der Waals surface area contributed by atoms with Crippen molar-refractivity contribution in [2.75, 3.05) is 26.0 Å². The Labute approximate surface area is 98.9 Å². The molecule has 0 aliphatic heterocycles. The molecule has 0 atom stereocenters. The molecule has 1 rings (SSSR count). The smallest absolute Gasteiger partial charge is 0.358 e. The fourth-order valence-electron chi connectivity index (χ4n) is 1.46. The molecule has 0 aromatic carbocycles. The number of aromatic nitrogens is 2. The molecule has 1 heterocycles. The lowest BCUT2D eigenvalue weighted by Crippen LogP contribution is -2.31. The number of hydrogen-bond acceptors (Lipinski definition) is 3. The molecule has 0 unspecified atom stereocenters. The number of alkyl halides is 1. The standard InChI is InChI=1S/C9H16ClN4O2/c1-12(7-3-10)5-2-6-13-8-4-11-9(13)14(15)16/h4,8,11H,2-3,5-7H2,1H3/q-1. The minimum atomic E-state index is -0.414. The van der Waals surface area contributed by atoms with E-state index in [-0.39, 0.29) is 5.62 Å². The second-order valence-electron chi connectivity index (χ2n) is 3.58. The molecule has 1 aromatic rings. The van der Waals surface area contributed by atoms with Gasteiger partial charge in [0.15, 0.2) is 0 Å². The number of aryl methyl sites for hydroxylation is 1. The largest absolute Gasteiger partial charge is 0.744 e. The maximum atomic E-state index is 10.6. The average Bonchev–Trinajstić information content (AvgIpc) is 2.66. The van der Waals surface area contributed by atoms with Crippen molar-refractivity contribution in [2.24, 2.45) is 0 Å². The highest BCUT2D eigenvalue weighted by molar-refractivity contribution is 6.18. The lowest BCUT2D eigenvalue weighted by Gasteiger charge is -2.15. The molecule has 1 N–H and O–H groups in total. The van der Waals surface area contributed by atoms with Gasteiger partial charge >= 0.3 is 5.62 Å². The summed E-state index contributed by atoms with van der Waals surface area (Å²) in [4.78, 5) is 4.29. The quantitative estimate of drug-likeness (QED) is 0.574. The van der Waals surface area contributed by atoms with Crippen LogP contribution in [0.2, 0.25) is 0 Å². The van der Waals surface area contributed by atoms with Crippen LogP contribution in [0.25, 0.3) is 0 Å². The normalized spacial score (nSPS) is 10.9. The highest BCUT2D eigenvalue weighted by atomic mass is 35.5. The fourth-order valence-corrected chi connectivity index (χ4v) is 1.75. The summed E-state index contributed by atoms with van der Waals surface area (Å²) in [7, 11) is 1.98. The van der Waals surface area contributed by atoms with Crippen LogP contribution in [0.1, 0.15) is 6.42 Å². The van der Waals surface area contributed by atoms with Crippen LogP contribution in [0.4, 0.5) is 0 Å². The molecule has 0 aliphatic rings. The lowest BCUT2D eigenvalue weighted by atomic mass is 10.4. The summed E-state index contributed by atoms with van der Waals surface area (Å²) in [6.07, 6.45) is 4.11. The fraction of sp³-hybridized carbons (Fsp3) is 0.667. The Balaban J connectivity index is 2.44. The van der Waals surface area contributed by atoms with Gasteiger partial charge < -0.3 is 15.3 Å². The van der Waals surface area contributed by atoms with Gasteiger partial charge in [-0.1, -0.05) is 0 Å². The third-order valence-electron chi connectivity index (χ3n) is 2.32. The maximum absolute atomic E-state index is 10.6. The van der Waals surface area contributed by atoms with Gasteiger partial charge in [0.05, 0.1) is 18.9 Å². The van der Waals surface area contributed by atoms with Gasteiger partial charge in [-0.15, -0.1) is 11.6 Å². The number of nitrogens with zero attached hydrogens (tertiary/aromatic N) is 3. The lowest BCUT2D eigenvalue weighted by molar-refractivity contribution is 0.338. The molecular weight excluding hydrogens is 232 g/mol. The third-order valence-corrected chi connectivity index (χ3v) is 2.49. The summed E-state index contributed by atoms with van der Waals surface area (Å²) in [5, 5.41) is 21.2. The van der Waals surface area contributed by atoms with Gasteiger partial charge in [-0.05, 0) is 13.5 Å². The van der Waals surface area contributed by atoms with Crippen molar-refractivity contribution in [3.05, 3.63) is 28.4 Å². The van der Waals surface area contributed by atoms with E-state index in [1.165, 1.54) is 0 Å². The van der Waals surface area contributed by atoms with Crippen LogP contribution < -0.4 is 10.5 Å². The zero-order valence-electron chi connectivity index (χ0n) is 9.23. The van der Waals surface area contributed by atoms with Crippen LogP contribution >= 0.6 is 11.6 Å². The molecule has 16 heavy (non-hydrogen) atoms. The van der Waals surface area contributed by atoms with Gasteiger partial charge in [0.1, 0.15) is 0 Å². The molecule has 0 bridgehead atoms. The van der Waals surface area contributed by atoms with Gasteiger partial charge in [-0.2, -0.15) is 0 Å². The van der Waals surface area contributed by atoms with E-state index in [9.17, 15) is 10.4 Å². The topological polar surface area (TPSA) is 73.1 Å². The highest BCUT2D eigenvalue weighted by Gasteiger charge is 2.02. The second-order valence-corrected chi connectivity index (χ2v) is 3.96. The Morgan fingerprint density at radius 3 is 2.88 bits per heavy atom. The van der Waals surface area contributed by atoms with Gasteiger partial charge in [0, 0.05) is 19.0 Å². The van der Waals surface area contributed by atoms with E-state index in [0.29, 0.717) is 12.4 Å². The highest BCUT2D eigenvalue weighted by Crippen LogP contribution is 1.91. The Kier molecular flexibility index (Phi) is 5.21. The molecule has 0 aliphatic carbocycles. The number of rotatable bonds is 6. The molecule has 0 saturated carbocycles. The number of aromatic amines is 1. The number of nitrogens with one attached hydrogen (secondary N) is 1. The van der Waals surface area contributed by atoms with E-state index in [1.807, 2.05) is 7.05 Å². The number of imidazole rings is 1. The van der Waals surface area contributed by atoms with E-state index in [1.54, 1.807) is 17.0 Å². The summed E-state index contributed by atoms with van der Waals surface area (Å²) in [6.45, 7) is 2.34. The van der Waals surface area contributed by atoms with E-state index in [0.717, 1.165) is 19.5 Å². The van der Waals surface area contributed by atoms with Crippen molar-refractivity contribution in [2.45, 2.75) is 13.0 Å². The van der Waals surface area contributed by atoms with Crippen molar-refractivity contribution in [1.29, 1.82) is 0 Å². The summed E-state index contributed by atoms with van der Waals surface area (Å²) in [5.41, 5.74) is 0.0278. The number of hydrogen-bond donors (Lipinski definition) is 1. The van der Waals surface area contributed by atoms with Crippen LogP contribution in [0.5, 0.6) is 0 Å². The summed E-state index contributed by atoms with van der Waals surface area (Å²) in [6, 6.07) is 0. The molecule has 0 radical (unpaired) electrons. The Morgan fingerprint density at radius 1 is 1.50 bits per heavy atom. The number of halogens is 1. The van der Waals surface area contributed by atoms with Crippen molar-refractivity contribution in [1.82, 2.24) is 19.4 Å². The van der Waals surface area contributed by atoms with Crippen molar-refractivity contribution in [3.8, 4) is 0 Å². The first kappa shape index (κ1) is 12.9. The molecule has 92 valence electrons. The van der Waals surface area contributed by atoms with Crippen molar-refractivity contribution < 1.29 is 0 Å². The van der Waals surface area contributed by atoms with Gasteiger partial charge in [0.25, 0.3) is 0 Å². The van der Waals surface area contributed by atoms with E-state index < -0.39 is 4.90 Å².